The second-order valence-electron chi connectivity index (χ2n) is 6.93. The predicted octanol–water partition coefficient (Wildman–Crippen LogP) is 3.79. The maximum Gasteiger partial charge on any atom is 0.191 e. The standard InChI is InChI=1S/C22H30ClN7.HI/c1-4-29(5-2)19(17-10-6-7-11-18(17)23)16-26-22(24-3)25-14-13-21-28-27-20-12-8-9-15-30(20)21;/h6-12,15,19H,4-5,13-14,16H2,1-3H3,(H2,24,25,26);1H. The summed E-state index contributed by atoms with van der Waals surface area (Å²) < 4.78 is 2.01. The van der Waals surface area contributed by atoms with Crippen LogP contribution in [0.15, 0.2) is 53.7 Å². The van der Waals surface area contributed by atoms with Crippen LogP contribution in [0.5, 0.6) is 0 Å². The molecular weight excluding hydrogens is 525 g/mol. The van der Waals surface area contributed by atoms with Gasteiger partial charge in [0, 0.05) is 37.8 Å². The van der Waals surface area contributed by atoms with Crippen molar-refractivity contribution in [2.24, 2.45) is 4.99 Å². The van der Waals surface area contributed by atoms with Crippen LogP contribution in [0.25, 0.3) is 5.65 Å². The first-order valence-electron chi connectivity index (χ1n) is 10.4. The van der Waals surface area contributed by atoms with Gasteiger partial charge in [0.1, 0.15) is 5.82 Å². The summed E-state index contributed by atoms with van der Waals surface area (Å²) in [5, 5.41) is 16.1. The number of aromatic nitrogens is 3. The van der Waals surface area contributed by atoms with Gasteiger partial charge in [0.15, 0.2) is 11.6 Å². The molecule has 0 aliphatic rings. The van der Waals surface area contributed by atoms with Crippen molar-refractivity contribution < 1.29 is 0 Å². The van der Waals surface area contributed by atoms with E-state index in [1.807, 2.05) is 47.0 Å². The molecule has 0 bridgehead atoms. The number of hydrogen-bond donors (Lipinski definition) is 2. The molecule has 1 atom stereocenters. The van der Waals surface area contributed by atoms with Gasteiger partial charge in [-0.1, -0.05) is 49.7 Å². The first-order valence-corrected chi connectivity index (χ1v) is 10.8. The molecule has 0 fully saturated rings. The van der Waals surface area contributed by atoms with Crippen molar-refractivity contribution in [2.75, 3.05) is 33.2 Å². The third-order valence-electron chi connectivity index (χ3n) is 5.23. The van der Waals surface area contributed by atoms with Crippen LogP contribution in [0.2, 0.25) is 5.02 Å². The molecule has 2 aromatic heterocycles. The molecule has 0 saturated carbocycles. The van der Waals surface area contributed by atoms with Crippen LogP contribution in [-0.4, -0.2) is 58.7 Å². The number of benzene rings is 1. The number of hydrogen-bond acceptors (Lipinski definition) is 4. The summed E-state index contributed by atoms with van der Waals surface area (Å²) in [5.74, 6) is 1.68. The largest absolute Gasteiger partial charge is 0.356 e. The van der Waals surface area contributed by atoms with Gasteiger partial charge in [0.05, 0.1) is 6.04 Å². The van der Waals surface area contributed by atoms with Crippen molar-refractivity contribution in [1.82, 2.24) is 30.1 Å². The van der Waals surface area contributed by atoms with E-state index in [1.165, 1.54) is 0 Å². The van der Waals surface area contributed by atoms with Gasteiger partial charge in [-0.2, -0.15) is 0 Å². The molecule has 3 aromatic rings. The molecule has 0 aliphatic carbocycles. The Hall–Kier alpha value is -1.91. The quantitative estimate of drug-likeness (QED) is 0.239. The van der Waals surface area contributed by atoms with Crippen LogP contribution in [-0.2, 0) is 6.42 Å². The van der Waals surface area contributed by atoms with E-state index in [0.717, 1.165) is 47.5 Å². The van der Waals surface area contributed by atoms with E-state index in [4.69, 9.17) is 11.6 Å². The zero-order valence-corrected chi connectivity index (χ0v) is 21.3. The number of rotatable bonds is 9. The van der Waals surface area contributed by atoms with Crippen molar-refractivity contribution in [3.05, 3.63) is 65.1 Å². The van der Waals surface area contributed by atoms with Gasteiger partial charge in [-0.25, -0.2) is 0 Å². The Kier molecular flexibility index (Phi) is 10.5. The summed E-state index contributed by atoms with van der Waals surface area (Å²) >= 11 is 6.50. The number of likely N-dealkylation sites (N-methyl/N-ethyl adjacent to an activating group) is 1. The molecule has 3 rings (SSSR count). The van der Waals surface area contributed by atoms with Gasteiger partial charge < -0.3 is 10.6 Å². The van der Waals surface area contributed by atoms with Gasteiger partial charge in [0.2, 0.25) is 0 Å². The zero-order chi connectivity index (χ0) is 21.3. The summed E-state index contributed by atoms with van der Waals surface area (Å²) in [5.41, 5.74) is 1.98. The van der Waals surface area contributed by atoms with Crippen LogP contribution in [0.1, 0.15) is 31.3 Å². The Balaban J connectivity index is 0.00000341. The van der Waals surface area contributed by atoms with Gasteiger partial charge in [-0.05, 0) is 36.9 Å². The fourth-order valence-corrected chi connectivity index (χ4v) is 3.88. The highest BCUT2D eigenvalue weighted by Crippen LogP contribution is 2.26. The summed E-state index contributed by atoms with van der Waals surface area (Å²) in [6, 6.07) is 14.1. The summed E-state index contributed by atoms with van der Waals surface area (Å²) in [4.78, 5) is 6.76. The molecule has 0 radical (unpaired) electrons. The molecule has 0 amide bonds. The van der Waals surface area contributed by atoms with Crippen molar-refractivity contribution in [3.8, 4) is 0 Å². The van der Waals surface area contributed by atoms with Gasteiger partial charge in [-0.3, -0.25) is 14.3 Å². The van der Waals surface area contributed by atoms with E-state index in [2.05, 4.69) is 50.6 Å². The second kappa shape index (κ2) is 12.8. The minimum absolute atomic E-state index is 0. The third-order valence-corrected chi connectivity index (χ3v) is 5.57. The molecule has 0 spiro atoms. The molecule has 0 saturated heterocycles. The fraction of sp³-hybridized carbons (Fsp3) is 0.409. The zero-order valence-electron chi connectivity index (χ0n) is 18.3. The number of fused-ring (bicyclic) bond motifs is 1. The Bertz CT molecular complexity index is 971. The van der Waals surface area contributed by atoms with Crippen LogP contribution in [0, 0.1) is 0 Å². The minimum atomic E-state index is 0. The topological polar surface area (TPSA) is 69.8 Å². The van der Waals surface area contributed by atoms with Crippen LogP contribution in [0.4, 0.5) is 0 Å². The molecule has 0 aliphatic heterocycles. The van der Waals surface area contributed by atoms with Crippen LogP contribution in [0.3, 0.4) is 0 Å². The number of nitrogens with one attached hydrogen (secondary N) is 2. The van der Waals surface area contributed by atoms with Crippen LogP contribution >= 0.6 is 35.6 Å². The number of nitrogens with zero attached hydrogens (tertiary/aromatic N) is 5. The molecule has 2 heterocycles. The van der Waals surface area contributed by atoms with Crippen molar-refractivity contribution >= 4 is 47.2 Å². The molecule has 1 aromatic carbocycles. The first kappa shape index (κ1) is 25.4. The predicted molar refractivity (Wildman–Crippen MR) is 139 cm³/mol. The average Bonchev–Trinajstić information content (AvgIpc) is 3.19. The molecular formula is C22H31ClIN7. The second-order valence-corrected chi connectivity index (χ2v) is 7.34. The Morgan fingerprint density at radius 3 is 2.55 bits per heavy atom. The Morgan fingerprint density at radius 1 is 1.10 bits per heavy atom. The molecule has 31 heavy (non-hydrogen) atoms. The number of guanidine groups is 1. The Morgan fingerprint density at radius 2 is 1.84 bits per heavy atom. The van der Waals surface area contributed by atoms with Crippen molar-refractivity contribution in [1.29, 1.82) is 0 Å². The summed E-state index contributed by atoms with van der Waals surface area (Å²) in [7, 11) is 1.78. The van der Waals surface area contributed by atoms with Crippen molar-refractivity contribution in [3.63, 3.8) is 0 Å². The lowest BCUT2D eigenvalue weighted by Crippen LogP contribution is -2.43. The minimum Gasteiger partial charge on any atom is -0.356 e. The highest BCUT2D eigenvalue weighted by Gasteiger charge is 2.20. The first-order chi connectivity index (χ1) is 14.7. The van der Waals surface area contributed by atoms with Crippen molar-refractivity contribution in [2.45, 2.75) is 26.3 Å². The lowest BCUT2D eigenvalue weighted by atomic mass is 10.0. The van der Waals surface area contributed by atoms with Gasteiger partial charge >= 0.3 is 0 Å². The van der Waals surface area contributed by atoms with Crippen LogP contribution < -0.4 is 10.6 Å². The number of halogens is 2. The number of aliphatic imine (C=N–C) groups is 1. The van der Waals surface area contributed by atoms with Gasteiger partial charge in [0.25, 0.3) is 0 Å². The maximum absolute atomic E-state index is 6.50. The molecule has 9 heteroatoms. The summed E-state index contributed by atoms with van der Waals surface area (Å²) in [6.07, 6.45) is 2.73. The summed E-state index contributed by atoms with van der Waals surface area (Å²) in [6.45, 7) is 7.64. The lowest BCUT2D eigenvalue weighted by molar-refractivity contribution is 0.219. The maximum atomic E-state index is 6.50. The highest BCUT2D eigenvalue weighted by atomic mass is 127. The smallest absolute Gasteiger partial charge is 0.191 e. The average molecular weight is 556 g/mol. The monoisotopic (exact) mass is 555 g/mol. The van der Waals surface area contributed by atoms with E-state index in [1.54, 1.807) is 7.05 Å². The Labute approximate surface area is 206 Å². The SMILES string of the molecule is CCN(CC)C(CNC(=NC)NCCc1nnc2ccccn12)c1ccccc1Cl.I. The fourth-order valence-electron chi connectivity index (χ4n) is 3.61. The van der Waals surface area contributed by atoms with E-state index in [9.17, 15) is 0 Å². The van der Waals surface area contributed by atoms with E-state index >= 15 is 0 Å². The molecule has 7 nitrogen and oxygen atoms in total. The normalized spacial score (nSPS) is 12.6. The molecule has 168 valence electrons. The van der Waals surface area contributed by atoms with E-state index in [0.29, 0.717) is 13.1 Å². The third kappa shape index (κ3) is 6.54. The lowest BCUT2D eigenvalue weighted by Gasteiger charge is -2.31. The van der Waals surface area contributed by atoms with Gasteiger partial charge in [-0.15, -0.1) is 34.2 Å². The highest BCUT2D eigenvalue weighted by molar-refractivity contribution is 14.0. The molecule has 2 N–H and O–H groups in total. The van der Waals surface area contributed by atoms with E-state index in [-0.39, 0.29) is 30.0 Å². The molecule has 1 unspecified atom stereocenters. The van der Waals surface area contributed by atoms with E-state index < -0.39 is 0 Å². The number of pyridine rings is 1.